The number of hydrogen-bond donors (Lipinski definition) is 1. The van der Waals surface area contributed by atoms with Gasteiger partial charge in [-0.2, -0.15) is 5.10 Å². The highest BCUT2D eigenvalue weighted by Gasteiger charge is 2.38. The first kappa shape index (κ1) is 15.6. The van der Waals surface area contributed by atoms with Crippen molar-refractivity contribution in [3.05, 3.63) is 29.3 Å². The van der Waals surface area contributed by atoms with Gasteiger partial charge >= 0.3 is 0 Å². The van der Waals surface area contributed by atoms with Gasteiger partial charge in [0.15, 0.2) is 0 Å². The predicted octanol–water partition coefficient (Wildman–Crippen LogP) is 3.02. The van der Waals surface area contributed by atoms with Gasteiger partial charge in [0.1, 0.15) is 0 Å². The summed E-state index contributed by atoms with van der Waals surface area (Å²) in [5.74, 6) is 0.754. The highest BCUT2D eigenvalue weighted by atomic mass is 35.5. The summed E-state index contributed by atoms with van der Waals surface area (Å²) in [7, 11) is 1.77. The van der Waals surface area contributed by atoms with Crippen LogP contribution in [0.25, 0.3) is 0 Å². The summed E-state index contributed by atoms with van der Waals surface area (Å²) < 4.78 is 8.72. The molecule has 22 heavy (non-hydrogen) atoms. The second-order valence-corrected chi connectivity index (χ2v) is 6.80. The van der Waals surface area contributed by atoms with E-state index in [0.717, 1.165) is 48.5 Å². The Bertz CT molecular complexity index is 587. The fraction of sp³-hybridized carbons (Fsp3) is 0.467. The van der Waals surface area contributed by atoms with E-state index in [1.807, 2.05) is 29.3 Å². The number of guanidine groups is 1. The molecule has 1 saturated heterocycles. The van der Waals surface area contributed by atoms with E-state index in [1.54, 1.807) is 7.05 Å². The number of nitrogens with zero attached hydrogens (tertiary/aromatic N) is 3. The Morgan fingerprint density at radius 1 is 1.45 bits per heavy atom. The lowest BCUT2D eigenvalue weighted by atomic mass is 9.82. The predicted molar refractivity (Wildman–Crippen MR) is 91.5 cm³/mol. The van der Waals surface area contributed by atoms with Crippen LogP contribution >= 0.6 is 23.5 Å². The highest BCUT2D eigenvalue weighted by Crippen LogP contribution is 2.33. The third-order valence-corrected chi connectivity index (χ3v) is 4.95. The summed E-state index contributed by atoms with van der Waals surface area (Å²) in [4.78, 5) is 5.36. The van der Waals surface area contributed by atoms with E-state index in [4.69, 9.17) is 16.3 Å². The Balaban J connectivity index is 1.60. The summed E-state index contributed by atoms with van der Waals surface area (Å²) in [6.45, 7) is 2.47. The van der Waals surface area contributed by atoms with Gasteiger partial charge in [0.25, 0.3) is 0 Å². The first-order valence-electron chi connectivity index (χ1n) is 7.26. The summed E-state index contributed by atoms with van der Waals surface area (Å²) in [6, 6.07) is 7.71. The average molecular weight is 339 g/mol. The van der Waals surface area contributed by atoms with Crippen LogP contribution in [0.4, 0.5) is 0 Å². The average Bonchev–Trinajstić information content (AvgIpc) is 2.92. The molecule has 1 N–H and O–H groups in total. The zero-order chi connectivity index (χ0) is 15.4. The fourth-order valence-corrected chi connectivity index (χ4v) is 3.61. The second-order valence-electron chi connectivity index (χ2n) is 5.49. The number of nitrogens with one attached hydrogen (secondary N) is 1. The van der Waals surface area contributed by atoms with Gasteiger partial charge in [0.2, 0.25) is 5.96 Å². The number of hydrogen-bond acceptors (Lipinski definition) is 4. The monoisotopic (exact) mass is 338 g/mol. The molecule has 0 bridgehead atoms. The summed E-state index contributed by atoms with van der Waals surface area (Å²) in [5.41, 5.74) is 0.136. The van der Waals surface area contributed by atoms with Crippen molar-refractivity contribution in [1.29, 1.82) is 0 Å². The number of benzene rings is 1. The molecular formula is C15H19ClN4OS. The van der Waals surface area contributed by atoms with Crippen molar-refractivity contribution in [3.8, 4) is 0 Å². The standard InChI is InChI=1S/C15H19ClN4OS/c1-17-14(19-22-13-4-2-3-12(16)9-13)20-11-15(10-18-20)5-7-21-8-6-15/h2-4,9-10H,5-8,11H2,1H3,(H,17,19). The molecule has 2 aliphatic rings. The van der Waals surface area contributed by atoms with Crippen LogP contribution in [0.15, 0.2) is 39.3 Å². The van der Waals surface area contributed by atoms with Gasteiger partial charge in [-0.15, -0.1) is 0 Å². The molecule has 1 aromatic carbocycles. The van der Waals surface area contributed by atoms with Gasteiger partial charge < -0.3 is 4.74 Å². The third-order valence-electron chi connectivity index (χ3n) is 3.94. The van der Waals surface area contributed by atoms with Crippen LogP contribution in [0.2, 0.25) is 5.02 Å². The molecule has 0 saturated carbocycles. The van der Waals surface area contributed by atoms with E-state index >= 15 is 0 Å². The van der Waals surface area contributed by atoms with Crippen molar-refractivity contribution in [2.45, 2.75) is 17.7 Å². The zero-order valence-corrected chi connectivity index (χ0v) is 14.0. The number of aliphatic imine (C=N–C) groups is 1. The van der Waals surface area contributed by atoms with Crippen LogP contribution in [0.5, 0.6) is 0 Å². The molecule has 1 aromatic rings. The maximum absolute atomic E-state index is 6.00. The number of hydrazone groups is 1. The second kappa shape index (κ2) is 6.89. The smallest absolute Gasteiger partial charge is 0.225 e. The zero-order valence-electron chi connectivity index (χ0n) is 12.5. The molecule has 2 heterocycles. The molecule has 118 valence electrons. The summed E-state index contributed by atoms with van der Waals surface area (Å²) in [6.07, 6.45) is 4.10. The Hall–Kier alpha value is -1.24. The molecule has 1 spiro atoms. The van der Waals surface area contributed by atoms with E-state index in [-0.39, 0.29) is 5.41 Å². The maximum Gasteiger partial charge on any atom is 0.225 e. The van der Waals surface area contributed by atoms with Crippen LogP contribution in [-0.2, 0) is 4.74 Å². The first-order valence-corrected chi connectivity index (χ1v) is 8.46. The molecule has 0 aromatic heterocycles. The van der Waals surface area contributed by atoms with Crippen LogP contribution in [0.3, 0.4) is 0 Å². The number of halogens is 1. The minimum absolute atomic E-state index is 0.136. The number of ether oxygens (including phenoxy) is 1. The Kier molecular flexibility index (Phi) is 4.90. The lowest BCUT2D eigenvalue weighted by Crippen LogP contribution is -2.40. The van der Waals surface area contributed by atoms with E-state index < -0.39 is 0 Å². The van der Waals surface area contributed by atoms with Gasteiger partial charge in [-0.25, -0.2) is 5.01 Å². The Morgan fingerprint density at radius 2 is 2.27 bits per heavy atom. The van der Waals surface area contributed by atoms with Crippen molar-refractivity contribution in [2.75, 3.05) is 26.8 Å². The van der Waals surface area contributed by atoms with Gasteiger partial charge in [-0.3, -0.25) is 9.71 Å². The van der Waals surface area contributed by atoms with Gasteiger partial charge in [0.05, 0.1) is 6.54 Å². The van der Waals surface area contributed by atoms with Crippen molar-refractivity contribution in [2.24, 2.45) is 15.5 Å². The van der Waals surface area contributed by atoms with E-state index in [2.05, 4.69) is 21.0 Å². The molecule has 7 heteroatoms. The van der Waals surface area contributed by atoms with Crippen molar-refractivity contribution in [1.82, 2.24) is 9.73 Å². The largest absolute Gasteiger partial charge is 0.381 e. The Morgan fingerprint density at radius 3 is 3.00 bits per heavy atom. The lowest BCUT2D eigenvalue weighted by Gasteiger charge is -2.31. The number of rotatable bonds is 2. The molecular weight excluding hydrogens is 320 g/mol. The maximum atomic E-state index is 6.00. The van der Waals surface area contributed by atoms with Crippen LogP contribution < -0.4 is 4.72 Å². The summed E-state index contributed by atoms with van der Waals surface area (Å²) in [5, 5.41) is 7.19. The molecule has 0 radical (unpaired) electrons. The molecule has 1 fully saturated rings. The first-order chi connectivity index (χ1) is 10.7. The van der Waals surface area contributed by atoms with Crippen molar-refractivity contribution < 1.29 is 4.74 Å². The van der Waals surface area contributed by atoms with Crippen LogP contribution in [0, 0.1) is 5.41 Å². The van der Waals surface area contributed by atoms with Crippen molar-refractivity contribution >= 4 is 35.7 Å². The SMILES string of the molecule is CN=C(NSc1cccc(Cl)c1)N1CC2(C=N1)CCOCC2. The van der Waals surface area contributed by atoms with Crippen LogP contribution in [-0.4, -0.2) is 44.0 Å². The quantitative estimate of drug-likeness (QED) is 0.511. The van der Waals surface area contributed by atoms with E-state index in [0.29, 0.717) is 0 Å². The minimum atomic E-state index is 0.136. The molecule has 0 atom stereocenters. The van der Waals surface area contributed by atoms with E-state index in [9.17, 15) is 0 Å². The molecule has 0 unspecified atom stereocenters. The summed E-state index contributed by atoms with van der Waals surface area (Å²) >= 11 is 7.49. The molecule has 2 aliphatic heterocycles. The van der Waals surface area contributed by atoms with Crippen LogP contribution in [0.1, 0.15) is 12.8 Å². The fourth-order valence-electron chi connectivity index (χ4n) is 2.62. The van der Waals surface area contributed by atoms with Gasteiger partial charge in [-0.05, 0) is 43.0 Å². The van der Waals surface area contributed by atoms with Crippen molar-refractivity contribution in [3.63, 3.8) is 0 Å². The molecule has 5 nitrogen and oxygen atoms in total. The molecule has 0 aliphatic carbocycles. The topological polar surface area (TPSA) is 49.2 Å². The molecule has 3 rings (SSSR count). The highest BCUT2D eigenvalue weighted by molar-refractivity contribution is 7.98. The third kappa shape index (κ3) is 3.56. The Labute approximate surface area is 139 Å². The van der Waals surface area contributed by atoms with Gasteiger partial charge in [0, 0.05) is 41.8 Å². The lowest BCUT2D eigenvalue weighted by molar-refractivity contribution is 0.0453. The normalized spacial score (nSPS) is 20.6. The molecule has 0 amide bonds. The van der Waals surface area contributed by atoms with Gasteiger partial charge in [-0.1, -0.05) is 17.7 Å². The van der Waals surface area contributed by atoms with E-state index in [1.165, 1.54) is 11.9 Å². The minimum Gasteiger partial charge on any atom is -0.381 e.